The summed E-state index contributed by atoms with van der Waals surface area (Å²) in [6.07, 6.45) is 0. The SMILES string of the molecule is O=[S-](=O)OOS(=O)(=O)OO.O=[S-](=O)O[O][In].[In]. The molecule has 0 aliphatic carbocycles. The standard InChI is InChI=1S/2In.HO8S2.HO4S/c;;1-6-10(4,5)8-7-9(2)3;1-4-5(2)3/h;;1H;1H/q;+1;2*-1/p-1. The Morgan fingerprint density at radius 3 is 1.59 bits per heavy atom. The Bertz CT molecular complexity index is 383. The zero-order valence-corrected chi connectivity index (χ0v) is 16.4. The second-order valence-electron chi connectivity index (χ2n) is 1.19. The molecule has 0 spiro atoms. The van der Waals surface area contributed by atoms with Crippen molar-refractivity contribution in [2.45, 2.75) is 0 Å². The Morgan fingerprint density at radius 2 is 1.41 bits per heavy atom. The molecule has 0 bridgehead atoms. The van der Waals surface area contributed by atoms with Gasteiger partial charge in [-0.15, -0.1) is 0 Å². The molecule has 0 unspecified atom stereocenters. The second-order valence-corrected chi connectivity index (χ2v) is 3.93. The first kappa shape index (κ1) is 23.4. The van der Waals surface area contributed by atoms with E-state index in [9.17, 15) is 25.3 Å². The maximum atomic E-state index is 9.81. The fourth-order valence-corrected chi connectivity index (χ4v) is 1.19. The minimum Gasteiger partial charge on any atom is 0 e. The Morgan fingerprint density at radius 1 is 1.00 bits per heavy atom. The van der Waals surface area contributed by atoms with Crippen LogP contribution in [0.2, 0.25) is 0 Å². The van der Waals surface area contributed by atoms with Crippen LogP contribution in [0.4, 0.5) is 0 Å². The first-order valence-electron chi connectivity index (χ1n) is 2.42. The third kappa shape index (κ3) is 22.9. The van der Waals surface area contributed by atoms with Gasteiger partial charge in [-0.2, -0.15) is 8.42 Å². The molecular weight excluding hydrogens is 518 g/mol. The van der Waals surface area contributed by atoms with Crippen LogP contribution >= 0.6 is 0 Å². The van der Waals surface area contributed by atoms with E-state index in [0.717, 1.165) is 0 Å². The van der Waals surface area contributed by atoms with Crippen molar-refractivity contribution in [3.05, 3.63) is 0 Å². The van der Waals surface area contributed by atoms with E-state index in [2.05, 4.69) is 20.3 Å². The largest absolute Gasteiger partial charge is 0 e. The first-order chi connectivity index (χ1) is 7.25. The zero-order chi connectivity index (χ0) is 13.2. The van der Waals surface area contributed by atoms with Gasteiger partial charge in [-0.05, 0) is 0 Å². The topological polar surface area (TPSA) is 169 Å². The predicted octanol–water partition coefficient (Wildman–Crippen LogP) is -2.25. The molecule has 0 saturated heterocycles. The molecule has 0 aromatic carbocycles. The van der Waals surface area contributed by atoms with Crippen LogP contribution in [-0.2, 0) is 69.5 Å². The maximum absolute atomic E-state index is 9.81. The molecular formula is HIn2O12S3-2. The van der Waals surface area contributed by atoms with Crippen molar-refractivity contribution in [2.75, 3.05) is 0 Å². The molecule has 0 fully saturated rings. The van der Waals surface area contributed by atoms with Crippen LogP contribution < -0.4 is 0 Å². The monoisotopic (exact) mass is 519 g/mol. The summed E-state index contributed by atoms with van der Waals surface area (Å²) >= 11 is 0.325. The normalized spacial score (nSPS) is 10.5. The van der Waals surface area contributed by atoms with Crippen LogP contribution in [0.25, 0.3) is 0 Å². The Hall–Kier alpha value is 1.35. The van der Waals surface area contributed by atoms with Gasteiger partial charge in [0.15, 0.2) is 0 Å². The minimum absolute atomic E-state index is 0. The molecule has 0 atom stereocenters. The third-order valence-electron chi connectivity index (χ3n) is 0.353. The molecule has 0 rings (SSSR count). The van der Waals surface area contributed by atoms with Crippen LogP contribution in [0, 0.1) is 0 Å². The van der Waals surface area contributed by atoms with Crippen LogP contribution in [-0.4, -0.2) is 64.3 Å². The smallest absolute Gasteiger partial charge is 0 e. The van der Waals surface area contributed by atoms with E-state index >= 15 is 0 Å². The van der Waals surface area contributed by atoms with Gasteiger partial charge in [0.05, 0.1) is 11.0 Å². The predicted molar refractivity (Wildman–Crippen MR) is 46.0 cm³/mol. The van der Waals surface area contributed by atoms with Crippen molar-refractivity contribution in [3.8, 4) is 0 Å². The summed E-state index contributed by atoms with van der Waals surface area (Å²) in [7, 11) is -10.4. The van der Waals surface area contributed by atoms with E-state index in [-0.39, 0.29) is 25.8 Å². The van der Waals surface area contributed by atoms with E-state index in [0.29, 0.717) is 24.8 Å². The zero-order valence-electron chi connectivity index (χ0n) is 7.32. The van der Waals surface area contributed by atoms with Gasteiger partial charge in [-0.25, -0.2) is 5.26 Å². The summed E-state index contributed by atoms with van der Waals surface area (Å²) in [5, 5.41) is 7.41. The van der Waals surface area contributed by atoms with Crippen LogP contribution in [0.3, 0.4) is 0 Å². The third-order valence-corrected chi connectivity index (χ3v) is 1.90. The Kier molecular flexibility index (Phi) is 19.0. The fraction of sp³-hybridized carbons (Fsp3) is 0. The molecule has 17 heavy (non-hydrogen) atoms. The summed E-state index contributed by atoms with van der Waals surface area (Å²) in [5.41, 5.74) is 0. The van der Waals surface area contributed by atoms with Crippen molar-refractivity contribution in [1.82, 2.24) is 0 Å². The molecule has 0 aromatic rings. The summed E-state index contributed by atoms with van der Waals surface area (Å²) < 4.78 is 73.0. The van der Waals surface area contributed by atoms with Gasteiger partial charge in [-0.3, -0.25) is 4.33 Å². The van der Waals surface area contributed by atoms with Crippen molar-refractivity contribution < 1.29 is 50.9 Å². The number of hydrogen-bond donors (Lipinski definition) is 1. The summed E-state index contributed by atoms with van der Waals surface area (Å²) in [5.74, 6) is 0. The molecule has 0 heterocycles. The molecule has 99 valence electrons. The molecule has 5 radical (unpaired) electrons. The van der Waals surface area contributed by atoms with Crippen molar-refractivity contribution in [1.29, 1.82) is 0 Å². The van der Waals surface area contributed by atoms with Crippen molar-refractivity contribution >= 4 is 83.0 Å². The van der Waals surface area contributed by atoms with Gasteiger partial charge < -0.3 is 8.42 Å². The quantitative estimate of drug-likeness (QED) is 0.228. The molecule has 1 N–H and O–H groups in total. The fourth-order valence-electron chi connectivity index (χ4n) is 0.101. The summed E-state index contributed by atoms with van der Waals surface area (Å²) in [6.45, 7) is 0. The number of rotatable bonds is 6. The Labute approximate surface area is 133 Å². The van der Waals surface area contributed by atoms with E-state index in [1.54, 1.807) is 0 Å². The summed E-state index contributed by atoms with van der Waals surface area (Å²) in [4.78, 5) is 0. The van der Waals surface area contributed by atoms with Gasteiger partial charge in [-0.1, -0.05) is 8.67 Å². The molecule has 0 aliphatic rings. The van der Waals surface area contributed by atoms with Gasteiger partial charge in [0.1, 0.15) is 0 Å². The summed E-state index contributed by atoms with van der Waals surface area (Å²) in [6, 6.07) is 0. The molecule has 0 amide bonds. The molecule has 0 aromatic heterocycles. The first-order valence-corrected chi connectivity index (χ1v) is 7.10. The van der Waals surface area contributed by atoms with Gasteiger partial charge in [0.2, 0.25) is 0 Å². The van der Waals surface area contributed by atoms with Gasteiger partial charge >= 0.3 is 62.0 Å². The second kappa shape index (κ2) is 13.8. The number of hydrogen-bond acceptors (Lipinski definition) is 14. The van der Waals surface area contributed by atoms with E-state index in [1.165, 1.54) is 0 Å². The van der Waals surface area contributed by atoms with Gasteiger partial charge in [0.25, 0.3) is 0 Å². The van der Waals surface area contributed by atoms with Crippen molar-refractivity contribution in [3.63, 3.8) is 0 Å². The van der Waals surface area contributed by atoms with E-state index in [1.807, 2.05) is 0 Å². The molecule has 12 nitrogen and oxygen atoms in total. The average Bonchev–Trinajstić information content (AvgIpc) is 2.16. The van der Waals surface area contributed by atoms with Crippen molar-refractivity contribution in [2.24, 2.45) is 0 Å². The Balaban J connectivity index is -0.000000244. The minimum atomic E-state index is -4.77. The van der Waals surface area contributed by atoms with E-state index < -0.39 is 32.4 Å². The molecule has 0 saturated carbocycles. The van der Waals surface area contributed by atoms with Gasteiger partial charge in [0, 0.05) is 25.8 Å². The van der Waals surface area contributed by atoms with Crippen LogP contribution in [0.1, 0.15) is 0 Å². The average molecular weight is 519 g/mol. The van der Waals surface area contributed by atoms with Crippen LogP contribution in [0.5, 0.6) is 0 Å². The van der Waals surface area contributed by atoms with Crippen LogP contribution in [0.15, 0.2) is 0 Å². The van der Waals surface area contributed by atoms with E-state index in [4.69, 9.17) is 5.26 Å². The maximum Gasteiger partial charge on any atom is 0 e. The molecule has 0 aliphatic heterocycles. The molecule has 17 heteroatoms.